The SMILES string of the molecule is CN1CCc2c(c(-c3cc(F)c(F)cc3F)nn2C(=O)NCC(c2cc(O)c3n2CCC3)C(C)(C)C)C1. The number of hydrogen-bond acceptors (Lipinski definition) is 4. The zero-order chi connectivity index (χ0) is 26.6. The number of amides is 1. The number of nitrogens with one attached hydrogen (secondary N) is 1. The number of carbonyl (C=O) groups is 1. The van der Waals surface area contributed by atoms with Crippen LogP contribution in [0.2, 0.25) is 0 Å². The van der Waals surface area contributed by atoms with Crippen LogP contribution in [0.5, 0.6) is 5.75 Å². The van der Waals surface area contributed by atoms with Crippen LogP contribution in [0.4, 0.5) is 18.0 Å². The molecule has 2 aliphatic heterocycles. The third-order valence-electron chi connectivity index (χ3n) is 7.58. The quantitative estimate of drug-likeness (QED) is 0.490. The van der Waals surface area contributed by atoms with Crippen molar-refractivity contribution < 1.29 is 23.1 Å². The molecule has 2 N–H and O–H groups in total. The molecule has 1 aromatic carbocycles. The van der Waals surface area contributed by atoms with Gasteiger partial charge in [0, 0.05) is 67.5 Å². The van der Waals surface area contributed by atoms with Crippen LogP contribution in [0, 0.1) is 22.9 Å². The van der Waals surface area contributed by atoms with Crippen molar-refractivity contribution in [1.82, 2.24) is 24.6 Å². The molecule has 0 fully saturated rings. The third kappa shape index (κ3) is 4.52. The molecule has 1 amide bonds. The van der Waals surface area contributed by atoms with E-state index in [1.165, 1.54) is 4.68 Å². The van der Waals surface area contributed by atoms with Gasteiger partial charge in [0.05, 0.1) is 11.4 Å². The Morgan fingerprint density at radius 1 is 1.08 bits per heavy atom. The molecule has 2 aromatic heterocycles. The summed E-state index contributed by atoms with van der Waals surface area (Å²) in [6.45, 7) is 8.47. The standard InChI is InChI=1S/C27H32F3N5O2/c1-27(2,3)17(23-12-24(36)22-6-5-8-34(22)23)13-31-26(37)35-21-7-9-33(4)14-16(21)25(32-35)15-10-19(29)20(30)11-18(15)28/h10-12,17,36H,5-9,13-14H2,1-4H3,(H,31,37). The molecule has 5 rings (SSSR count). The number of likely N-dealkylation sites (N-methyl/N-ethyl adjacent to an activating group) is 1. The second-order valence-electron chi connectivity index (χ2n) is 11.2. The van der Waals surface area contributed by atoms with Gasteiger partial charge in [0.25, 0.3) is 0 Å². The van der Waals surface area contributed by atoms with Crippen LogP contribution in [-0.4, -0.2) is 50.5 Å². The van der Waals surface area contributed by atoms with Crippen LogP contribution in [0.3, 0.4) is 0 Å². The molecule has 4 heterocycles. The minimum atomic E-state index is -1.28. The van der Waals surface area contributed by atoms with E-state index >= 15 is 0 Å². The highest BCUT2D eigenvalue weighted by atomic mass is 19.2. The Labute approximate surface area is 213 Å². The predicted molar refractivity (Wildman–Crippen MR) is 133 cm³/mol. The smallest absolute Gasteiger partial charge is 0.342 e. The number of hydrogen-bond donors (Lipinski definition) is 2. The Balaban J connectivity index is 1.47. The topological polar surface area (TPSA) is 75.3 Å². The van der Waals surface area contributed by atoms with Gasteiger partial charge in [-0.3, -0.25) is 0 Å². The first kappa shape index (κ1) is 25.4. The Kier molecular flexibility index (Phi) is 6.34. The van der Waals surface area contributed by atoms with Gasteiger partial charge in [-0.1, -0.05) is 20.8 Å². The van der Waals surface area contributed by atoms with E-state index in [0.29, 0.717) is 43.4 Å². The number of benzene rings is 1. The molecule has 0 bridgehead atoms. The predicted octanol–water partition coefficient (Wildman–Crippen LogP) is 4.80. The Morgan fingerprint density at radius 2 is 1.81 bits per heavy atom. The molecule has 198 valence electrons. The lowest BCUT2D eigenvalue weighted by atomic mass is 9.78. The minimum Gasteiger partial charge on any atom is -0.506 e. The van der Waals surface area contributed by atoms with Crippen LogP contribution in [0.25, 0.3) is 11.3 Å². The van der Waals surface area contributed by atoms with E-state index in [1.807, 2.05) is 11.9 Å². The molecule has 1 unspecified atom stereocenters. The van der Waals surface area contributed by atoms with Crippen LogP contribution >= 0.6 is 0 Å². The van der Waals surface area contributed by atoms with E-state index in [4.69, 9.17) is 0 Å². The second-order valence-corrected chi connectivity index (χ2v) is 11.2. The first-order chi connectivity index (χ1) is 17.5. The summed E-state index contributed by atoms with van der Waals surface area (Å²) in [6.07, 6.45) is 2.30. The molecule has 0 radical (unpaired) electrons. The number of aromatic nitrogens is 3. The van der Waals surface area contributed by atoms with E-state index < -0.39 is 23.5 Å². The second kappa shape index (κ2) is 9.24. The summed E-state index contributed by atoms with van der Waals surface area (Å²) in [5, 5.41) is 17.8. The van der Waals surface area contributed by atoms with E-state index in [0.717, 1.165) is 36.8 Å². The van der Waals surface area contributed by atoms with E-state index in [1.54, 1.807) is 6.07 Å². The highest BCUT2D eigenvalue weighted by Crippen LogP contribution is 2.40. The van der Waals surface area contributed by atoms with Gasteiger partial charge < -0.3 is 19.9 Å². The fraction of sp³-hybridized carbons (Fsp3) is 0.481. The van der Waals surface area contributed by atoms with Crippen LogP contribution in [-0.2, 0) is 25.9 Å². The molecule has 0 saturated carbocycles. The Morgan fingerprint density at radius 3 is 2.54 bits per heavy atom. The fourth-order valence-electron chi connectivity index (χ4n) is 5.58. The molecule has 2 aliphatic rings. The highest BCUT2D eigenvalue weighted by molar-refractivity contribution is 5.79. The molecule has 0 saturated heterocycles. The maximum atomic E-state index is 14.7. The van der Waals surface area contributed by atoms with Gasteiger partial charge in [-0.2, -0.15) is 9.78 Å². The number of fused-ring (bicyclic) bond motifs is 2. The zero-order valence-electron chi connectivity index (χ0n) is 21.5. The fourth-order valence-corrected chi connectivity index (χ4v) is 5.58. The summed E-state index contributed by atoms with van der Waals surface area (Å²) in [7, 11) is 1.89. The van der Waals surface area contributed by atoms with Gasteiger partial charge in [-0.05, 0) is 31.4 Å². The third-order valence-corrected chi connectivity index (χ3v) is 7.58. The number of halogens is 3. The Hall–Kier alpha value is -3.27. The van der Waals surface area contributed by atoms with Crippen molar-refractivity contribution in [3.05, 3.63) is 58.3 Å². The zero-order valence-corrected chi connectivity index (χ0v) is 21.5. The maximum absolute atomic E-state index is 14.7. The monoisotopic (exact) mass is 515 g/mol. The van der Waals surface area contributed by atoms with Crippen LogP contribution in [0.1, 0.15) is 55.8 Å². The van der Waals surface area contributed by atoms with E-state index in [9.17, 15) is 23.1 Å². The van der Waals surface area contributed by atoms with Crippen LogP contribution in [0.15, 0.2) is 18.2 Å². The van der Waals surface area contributed by atoms with Gasteiger partial charge in [-0.15, -0.1) is 0 Å². The molecular weight excluding hydrogens is 483 g/mol. The van der Waals surface area contributed by atoms with Crippen molar-refractivity contribution in [2.75, 3.05) is 20.1 Å². The summed E-state index contributed by atoms with van der Waals surface area (Å²) in [4.78, 5) is 15.4. The lowest BCUT2D eigenvalue weighted by molar-refractivity contribution is 0.231. The van der Waals surface area contributed by atoms with Crippen molar-refractivity contribution in [3.63, 3.8) is 0 Å². The summed E-state index contributed by atoms with van der Waals surface area (Å²) in [6, 6.07) is 2.62. The van der Waals surface area contributed by atoms with Crippen molar-refractivity contribution >= 4 is 6.03 Å². The molecule has 0 spiro atoms. The summed E-state index contributed by atoms with van der Waals surface area (Å²) >= 11 is 0. The number of aromatic hydroxyl groups is 1. The van der Waals surface area contributed by atoms with Crippen molar-refractivity contribution in [3.8, 4) is 17.0 Å². The van der Waals surface area contributed by atoms with E-state index in [-0.39, 0.29) is 28.3 Å². The maximum Gasteiger partial charge on any atom is 0.342 e. The molecule has 7 nitrogen and oxygen atoms in total. The van der Waals surface area contributed by atoms with Crippen LogP contribution < -0.4 is 5.32 Å². The normalized spacial score (nSPS) is 16.5. The van der Waals surface area contributed by atoms with Gasteiger partial charge in [0.15, 0.2) is 11.6 Å². The van der Waals surface area contributed by atoms with Crippen molar-refractivity contribution in [2.24, 2.45) is 5.41 Å². The summed E-state index contributed by atoms with van der Waals surface area (Å²) in [5.41, 5.74) is 2.90. The largest absolute Gasteiger partial charge is 0.506 e. The van der Waals surface area contributed by atoms with Gasteiger partial charge in [0.2, 0.25) is 0 Å². The van der Waals surface area contributed by atoms with Gasteiger partial charge in [-0.25, -0.2) is 18.0 Å². The number of rotatable bonds is 4. The minimum absolute atomic E-state index is 0.0881. The summed E-state index contributed by atoms with van der Waals surface area (Å²) in [5.74, 6) is -3.19. The number of carbonyl (C=O) groups excluding carboxylic acids is 1. The molecule has 3 aromatic rings. The van der Waals surface area contributed by atoms with Crippen molar-refractivity contribution in [2.45, 2.75) is 59.0 Å². The lowest BCUT2D eigenvalue weighted by Gasteiger charge is -2.32. The summed E-state index contributed by atoms with van der Waals surface area (Å²) < 4.78 is 45.7. The van der Waals surface area contributed by atoms with Crippen molar-refractivity contribution in [1.29, 1.82) is 0 Å². The first-order valence-corrected chi connectivity index (χ1v) is 12.6. The Bertz CT molecular complexity index is 1370. The lowest BCUT2D eigenvalue weighted by Crippen LogP contribution is -2.38. The molecular formula is C27H32F3N5O2. The van der Waals surface area contributed by atoms with Gasteiger partial charge in [0.1, 0.15) is 17.3 Å². The highest BCUT2D eigenvalue weighted by Gasteiger charge is 2.34. The average Bonchev–Trinajstić information content (AvgIpc) is 3.51. The van der Waals surface area contributed by atoms with Gasteiger partial charge >= 0.3 is 6.03 Å². The molecule has 1 atom stereocenters. The molecule has 0 aliphatic carbocycles. The van der Waals surface area contributed by atoms with E-state index in [2.05, 4.69) is 35.8 Å². The molecule has 37 heavy (non-hydrogen) atoms. The molecule has 10 heteroatoms. The first-order valence-electron chi connectivity index (χ1n) is 12.6. The number of nitrogens with zero attached hydrogens (tertiary/aromatic N) is 4. The average molecular weight is 516 g/mol.